The minimum atomic E-state index is -3.71. The Morgan fingerprint density at radius 1 is 1.11 bits per heavy atom. The van der Waals surface area contributed by atoms with Gasteiger partial charge in [-0.3, -0.25) is 4.79 Å². The maximum Gasteiger partial charge on any atom is 0.243 e. The molecule has 0 aromatic heterocycles. The van der Waals surface area contributed by atoms with Crippen LogP contribution < -0.4 is 4.74 Å². The number of likely N-dealkylation sites (N-methyl/N-ethyl adjacent to an activating group) is 1. The number of benzene rings is 2. The van der Waals surface area contributed by atoms with Crippen molar-refractivity contribution < 1.29 is 17.9 Å². The Balaban J connectivity index is 2.02. The van der Waals surface area contributed by atoms with Gasteiger partial charge in [-0.25, -0.2) is 8.42 Å². The van der Waals surface area contributed by atoms with Gasteiger partial charge in [0.2, 0.25) is 10.0 Å². The minimum Gasteiger partial charge on any atom is -0.497 e. The largest absolute Gasteiger partial charge is 0.497 e. The van der Waals surface area contributed by atoms with E-state index in [0.29, 0.717) is 17.7 Å². The van der Waals surface area contributed by atoms with Crippen molar-refractivity contribution >= 4 is 15.8 Å². The standard InChI is InChI=1S/C21H25NO4S/c1-14-6-10-17(11-7-14)27(24,25)22(4)19-12-15-8-9-16(26-5)13-18(15)20(23)21(19,2)3/h6-11,13,19H,12H2,1-5H3. The Morgan fingerprint density at radius 2 is 1.74 bits per heavy atom. The van der Waals surface area contributed by atoms with Gasteiger partial charge in [-0.2, -0.15) is 4.31 Å². The predicted molar refractivity (Wildman–Crippen MR) is 105 cm³/mol. The molecule has 5 nitrogen and oxygen atoms in total. The number of aryl methyl sites for hydroxylation is 1. The number of sulfonamides is 1. The number of carbonyl (C=O) groups excluding carboxylic acids is 1. The molecule has 0 radical (unpaired) electrons. The molecular formula is C21H25NO4S. The third-order valence-electron chi connectivity index (χ3n) is 5.53. The summed E-state index contributed by atoms with van der Waals surface area (Å²) in [6.07, 6.45) is 0.472. The second kappa shape index (κ2) is 6.77. The van der Waals surface area contributed by atoms with E-state index in [-0.39, 0.29) is 10.7 Å². The Morgan fingerprint density at radius 3 is 2.33 bits per heavy atom. The summed E-state index contributed by atoms with van der Waals surface area (Å²) in [6, 6.07) is 11.7. The number of rotatable bonds is 4. The van der Waals surface area contributed by atoms with Crippen LogP contribution in [-0.4, -0.2) is 38.7 Å². The fourth-order valence-electron chi connectivity index (χ4n) is 3.66. The highest BCUT2D eigenvalue weighted by Crippen LogP contribution is 2.40. The SMILES string of the molecule is COc1ccc2c(c1)C(=O)C(C)(C)C(N(C)S(=O)(=O)c1ccc(C)cc1)C2. The van der Waals surface area contributed by atoms with Gasteiger partial charge in [0.05, 0.1) is 12.0 Å². The van der Waals surface area contributed by atoms with Gasteiger partial charge in [0.25, 0.3) is 0 Å². The second-order valence-corrected chi connectivity index (χ2v) is 9.63. The van der Waals surface area contributed by atoms with E-state index in [1.54, 1.807) is 50.6 Å². The number of fused-ring (bicyclic) bond motifs is 1. The van der Waals surface area contributed by atoms with Crippen molar-refractivity contribution in [3.8, 4) is 5.75 Å². The first kappa shape index (κ1) is 19.6. The molecule has 0 spiro atoms. The van der Waals surface area contributed by atoms with Gasteiger partial charge >= 0.3 is 0 Å². The van der Waals surface area contributed by atoms with Gasteiger partial charge < -0.3 is 4.74 Å². The minimum absolute atomic E-state index is 0.0707. The zero-order chi connectivity index (χ0) is 20.0. The van der Waals surface area contributed by atoms with Gasteiger partial charge in [0, 0.05) is 24.1 Å². The molecule has 1 atom stereocenters. The van der Waals surface area contributed by atoms with Crippen LogP contribution >= 0.6 is 0 Å². The Kier molecular flexibility index (Phi) is 4.91. The Labute approximate surface area is 161 Å². The number of ether oxygens (including phenoxy) is 1. The number of methoxy groups -OCH3 is 1. The van der Waals surface area contributed by atoms with Crippen LogP contribution in [-0.2, 0) is 16.4 Å². The van der Waals surface area contributed by atoms with Crippen molar-refractivity contribution in [2.24, 2.45) is 5.41 Å². The number of hydrogen-bond donors (Lipinski definition) is 0. The van der Waals surface area contributed by atoms with Gasteiger partial charge in [0.15, 0.2) is 5.78 Å². The summed E-state index contributed by atoms with van der Waals surface area (Å²) in [4.78, 5) is 13.4. The summed E-state index contributed by atoms with van der Waals surface area (Å²) in [5, 5.41) is 0. The van der Waals surface area contributed by atoms with E-state index in [0.717, 1.165) is 11.1 Å². The van der Waals surface area contributed by atoms with Gasteiger partial charge in [0.1, 0.15) is 5.75 Å². The van der Waals surface area contributed by atoms with Gasteiger partial charge in [-0.1, -0.05) is 37.6 Å². The first-order valence-corrected chi connectivity index (χ1v) is 10.3. The average Bonchev–Trinajstić information content (AvgIpc) is 2.64. The Bertz CT molecular complexity index is 978. The lowest BCUT2D eigenvalue weighted by molar-refractivity contribution is 0.0697. The van der Waals surface area contributed by atoms with E-state index in [2.05, 4.69) is 0 Å². The van der Waals surface area contributed by atoms with E-state index in [4.69, 9.17) is 4.74 Å². The van der Waals surface area contributed by atoms with E-state index in [1.165, 1.54) is 4.31 Å². The fourth-order valence-corrected chi connectivity index (χ4v) is 5.15. The molecule has 0 fully saturated rings. The van der Waals surface area contributed by atoms with Crippen molar-refractivity contribution in [3.63, 3.8) is 0 Å². The molecule has 1 aliphatic rings. The molecule has 1 aliphatic carbocycles. The molecule has 2 aromatic carbocycles. The lowest BCUT2D eigenvalue weighted by Gasteiger charge is -2.42. The summed E-state index contributed by atoms with van der Waals surface area (Å²) in [5.74, 6) is 0.551. The molecule has 3 rings (SSSR count). The molecule has 0 amide bonds. The summed E-state index contributed by atoms with van der Waals surface area (Å²) in [6.45, 7) is 5.53. The van der Waals surface area contributed by atoms with Crippen LogP contribution in [0.3, 0.4) is 0 Å². The van der Waals surface area contributed by atoms with Crippen LogP contribution in [0.5, 0.6) is 5.75 Å². The second-order valence-electron chi connectivity index (χ2n) is 7.63. The van der Waals surface area contributed by atoms with Crippen molar-refractivity contribution in [1.82, 2.24) is 4.31 Å². The maximum absolute atomic E-state index is 13.2. The molecule has 0 saturated carbocycles. The lowest BCUT2D eigenvalue weighted by atomic mass is 9.69. The molecule has 27 heavy (non-hydrogen) atoms. The Hall–Kier alpha value is -2.18. The number of Topliss-reactive ketones (excluding diaryl/α,β-unsaturated/α-hetero) is 1. The molecule has 0 aliphatic heterocycles. The third kappa shape index (κ3) is 3.28. The van der Waals surface area contributed by atoms with Crippen molar-refractivity contribution in [2.45, 2.75) is 38.1 Å². The lowest BCUT2D eigenvalue weighted by Crippen LogP contribution is -2.53. The molecule has 0 bridgehead atoms. The molecule has 2 aromatic rings. The molecule has 1 unspecified atom stereocenters. The number of hydrogen-bond acceptors (Lipinski definition) is 4. The van der Waals surface area contributed by atoms with Crippen molar-refractivity contribution in [3.05, 3.63) is 59.2 Å². The quantitative estimate of drug-likeness (QED) is 0.806. The molecule has 0 N–H and O–H groups in total. The van der Waals surface area contributed by atoms with Crippen molar-refractivity contribution in [2.75, 3.05) is 14.2 Å². The van der Waals surface area contributed by atoms with Crippen LogP contribution in [0.25, 0.3) is 0 Å². The zero-order valence-electron chi connectivity index (χ0n) is 16.3. The first-order valence-electron chi connectivity index (χ1n) is 8.85. The van der Waals surface area contributed by atoms with Crippen molar-refractivity contribution in [1.29, 1.82) is 0 Å². The number of ketones is 1. The maximum atomic E-state index is 13.2. The monoisotopic (exact) mass is 387 g/mol. The molecule has 144 valence electrons. The van der Waals surface area contributed by atoms with E-state index in [9.17, 15) is 13.2 Å². The first-order chi connectivity index (χ1) is 12.6. The highest BCUT2D eigenvalue weighted by atomic mass is 32.2. The molecular weight excluding hydrogens is 362 g/mol. The van der Waals surface area contributed by atoms with Crippen LogP contribution in [0.4, 0.5) is 0 Å². The van der Waals surface area contributed by atoms with Gasteiger partial charge in [-0.15, -0.1) is 0 Å². The molecule has 0 saturated heterocycles. The third-order valence-corrected chi connectivity index (χ3v) is 7.41. The fraction of sp³-hybridized carbons (Fsp3) is 0.381. The topological polar surface area (TPSA) is 63.7 Å². The molecule has 6 heteroatoms. The van der Waals surface area contributed by atoms with Crippen LogP contribution in [0.2, 0.25) is 0 Å². The van der Waals surface area contributed by atoms with E-state index < -0.39 is 21.5 Å². The van der Waals surface area contributed by atoms with Crippen LogP contribution in [0, 0.1) is 12.3 Å². The number of nitrogens with zero attached hydrogens (tertiary/aromatic N) is 1. The number of carbonyl (C=O) groups is 1. The van der Waals surface area contributed by atoms with E-state index in [1.807, 2.05) is 26.8 Å². The summed E-state index contributed by atoms with van der Waals surface area (Å²) >= 11 is 0. The van der Waals surface area contributed by atoms with Crippen LogP contribution in [0.1, 0.15) is 35.3 Å². The summed E-state index contributed by atoms with van der Waals surface area (Å²) in [5.41, 5.74) is 1.59. The zero-order valence-corrected chi connectivity index (χ0v) is 17.1. The average molecular weight is 388 g/mol. The highest BCUT2D eigenvalue weighted by molar-refractivity contribution is 7.89. The predicted octanol–water partition coefficient (Wildman–Crippen LogP) is 3.46. The molecule has 0 heterocycles. The van der Waals surface area contributed by atoms with Crippen LogP contribution in [0.15, 0.2) is 47.4 Å². The van der Waals surface area contributed by atoms with E-state index >= 15 is 0 Å². The smallest absolute Gasteiger partial charge is 0.243 e. The highest BCUT2D eigenvalue weighted by Gasteiger charge is 2.47. The summed E-state index contributed by atoms with van der Waals surface area (Å²) in [7, 11) is -0.589. The normalized spacial score (nSPS) is 19.0. The summed E-state index contributed by atoms with van der Waals surface area (Å²) < 4.78 is 32.9. The van der Waals surface area contributed by atoms with Gasteiger partial charge in [-0.05, 0) is 43.2 Å².